The van der Waals surface area contributed by atoms with Gasteiger partial charge in [-0.1, -0.05) is 6.92 Å². The van der Waals surface area contributed by atoms with Gasteiger partial charge in [-0.25, -0.2) is 0 Å². The lowest BCUT2D eigenvalue weighted by Gasteiger charge is -2.28. The Hall–Kier alpha value is -0.610. The van der Waals surface area contributed by atoms with Crippen LogP contribution in [0.1, 0.15) is 40.0 Å². The number of carbonyl (C=O) groups excluding carboxylic acids is 1. The van der Waals surface area contributed by atoms with Crippen molar-refractivity contribution in [1.82, 2.24) is 10.6 Å². The van der Waals surface area contributed by atoms with Crippen molar-refractivity contribution in [3.63, 3.8) is 0 Å². The van der Waals surface area contributed by atoms with Crippen molar-refractivity contribution in [2.45, 2.75) is 52.1 Å². The smallest absolute Gasteiger partial charge is 0.221 e. The summed E-state index contributed by atoms with van der Waals surface area (Å²) in [6.07, 6.45) is 2.68. The molecule has 1 heterocycles. The lowest BCUT2D eigenvalue weighted by Crippen LogP contribution is -2.42. The highest BCUT2D eigenvalue weighted by atomic mass is 16.5. The molecule has 0 aromatic heterocycles. The summed E-state index contributed by atoms with van der Waals surface area (Å²) < 4.78 is 5.33. The van der Waals surface area contributed by atoms with Crippen molar-refractivity contribution in [3.8, 4) is 0 Å². The summed E-state index contributed by atoms with van der Waals surface area (Å²) in [7, 11) is 0. The van der Waals surface area contributed by atoms with Crippen molar-refractivity contribution in [2.75, 3.05) is 19.8 Å². The average Bonchev–Trinajstić information content (AvgIpc) is 2.30. The summed E-state index contributed by atoms with van der Waals surface area (Å²) in [6, 6.07) is 0.516. The zero-order valence-electron chi connectivity index (χ0n) is 11.3. The second kappa shape index (κ2) is 7.67. The van der Waals surface area contributed by atoms with Crippen LogP contribution in [0.3, 0.4) is 0 Å². The lowest BCUT2D eigenvalue weighted by atomic mass is 9.93. The van der Waals surface area contributed by atoms with Gasteiger partial charge in [0, 0.05) is 31.7 Å². The van der Waals surface area contributed by atoms with Gasteiger partial charge in [-0.15, -0.1) is 0 Å². The Morgan fingerprint density at radius 1 is 1.35 bits per heavy atom. The minimum Gasteiger partial charge on any atom is -0.381 e. The fraction of sp³-hybridized carbons (Fsp3) is 0.923. The third-order valence-corrected chi connectivity index (χ3v) is 3.41. The molecule has 0 bridgehead atoms. The van der Waals surface area contributed by atoms with Crippen LogP contribution in [0.15, 0.2) is 0 Å². The molecule has 0 aliphatic carbocycles. The molecule has 1 fully saturated rings. The highest BCUT2D eigenvalue weighted by molar-refractivity contribution is 5.76. The van der Waals surface area contributed by atoms with Gasteiger partial charge in [-0.3, -0.25) is 4.79 Å². The summed E-state index contributed by atoms with van der Waals surface area (Å²) in [5.74, 6) is 0.722. The predicted octanol–water partition coefficient (Wildman–Crippen LogP) is 1.31. The van der Waals surface area contributed by atoms with E-state index in [0.29, 0.717) is 12.3 Å². The Bertz CT molecular complexity index is 227. The Morgan fingerprint density at radius 3 is 2.59 bits per heavy atom. The Balaban J connectivity index is 2.24. The minimum absolute atomic E-state index is 0.150. The van der Waals surface area contributed by atoms with E-state index in [1.54, 1.807) is 0 Å². The summed E-state index contributed by atoms with van der Waals surface area (Å²) in [4.78, 5) is 11.8. The molecule has 0 spiro atoms. The first-order chi connectivity index (χ1) is 8.13. The zero-order valence-corrected chi connectivity index (χ0v) is 11.3. The molecule has 0 aromatic rings. The number of nitrogens with one attached hydrogen (secondary N) is 2. The van der Waals surface area contributed by atoms with Crippen molar-refractivity contribution >= 4 is 5.91 Å². The molecule has 2 N–H and O–H groups in total. The first kappa shape index (κ1) is 14.5. The molecule has 0 radical (unpaired) electrons. The van der Waals surface area contributed by atoms with E-state index in [-0.39, 0.29) is 18.0 Å². The summed E-state index contributed by atoms with van der Waals surface area (Å²) in [5, 5.41) is 6.35. The Kier molecular flexibility index (Phi) is 6.52. The first-order valence-electron chi connectivity index (χ1n) is 6.74. The quantitative estimate of drug-likeness (QED) is 0.738. The van der Waals surface area contributed by atoms with E-state index >= 15 is 0 Å². The van der Waals surface area contributed by atoms with Gasteiger partial charge < -0.3 is 15.4 Å². The van der Waals surface area contributed by atoms with E-state index in [2.05, 4.69) is 24.5 Å². The maximum atomic E-state index is 11.8. The van der Waals surface area contributed by atoms with Crippen LogP contribution in [0.5, 0.6) is 0 Å². The molecule has 1 aliphatic heterocycles. The van der Waals surface area contributed by atoms with Gasteiger partial charge in [0.05, 0.1) is 0 Å². The topological polar surface area (TPSA) is 50.4 Å². The number of rotatable bonds is 6. The summed E-state index contributed by atoms with van der Waals surface area (Å²) >= 11 is 0. The number of carbonyl (C=O) groups is 1. The summed E-state index contributed by atoms with van der Waals surface area (Å²) in [5.41, 5.74) is 0. The molecule has 0 saturated carbocycles. The molecule has 2 unspecified atom stereocenters. The number of hydrogen-bond acceptors (Lipinski definition) is 3. The maximum absolute atomic E-state index is 11.8. The number of amides is 1. The molecule has 0 aromatic carbocycles. The molecule has 1 amide bonds. The molecule has 1 aliphatic rings. The zero-order chi connectivity index (χ0) is 12.7. The molecule has 2 atom stereocenters. The molecule has 1 rings (SSSR count). The van der Waals surface area contributed by atoms with E-state index < -0.39 is 0 Å². The van der Waals surface area contributed by atoms with E-state index in [1.807, 2.05) is 6.92 Å². The number of ether oxygens (including phenoxy) is 1. The Morgan fingerprint density at radius 2 is 2.00 bits per heavy atom. The van der Waals surface area contributed by atoms with E-state index in [0.717, 1.165) is 32.6 Å². The highest BCUT2D eigenvalue weighted by Crippen LogP contribution is 2.18. The third kappa shape index (κ3) is 5.50. The highest BCUT2D eigenvalue weighted by Gasteiger charge is 2.22. The first-order valence-corrected chi connectivity index (χ1v) is 6.74. The lowest BCUT2D eigenvalue weighted by molar-refractivity contribution is -0.122. The monoisotopic (exact) mass is 242 g/mol. The summed E-state index contributed by atoms with van der Waals surface area (Å²) in [6.45, 7) is 8.77. The SMILES string of the molecule is CCNC(C)CC(=O)NC(C)C1CCOCC1. The molecule has 17 heavy (non-hydrogen) atoms. The van der Waals surface area contributed by atoms with Gasteiger partial charge in [0.2, 0.25) is 5.91 Å². The second-order valence-corrected chi connectivity index (χ2v) is 4.97. The predicted molar refractivity (Wildman–Crippen MR) is 68.9 cm³/mol. The van der Waals surface area contributed by atoms with Crippen molar-refractivity contribution < 1.29 is 9.53 Å². The minimum atomic E-state index is 0.150. The van der Waals surface area contributed by atoms with Gasteiger partial charge >= 0.3 is 0 Å². The van der Waals surface area contributed by atoms with E-state index in [9.17, 15) is 4.79 Å². The fourth-order valence-electron chi connectivity index (χ4n) is 2.35. The van der Waals surface area contributed by atoms with Crippen LogP contribution in [0, 0.1) is 5.92 Å². The van der Waals surface area contributed by atoms with Crippen LogP contribution in [-0.4, -0.2) is 37.7 Å². The average molecular weight is 242 g/mol. The van der Waals surface area contributed by atoms with Gasteiger partial charge in [-0.05, 0) is 39.2 Å². The van der Waals surface area contributed by atoms with Gasteiger partial charge in [0.1, 0.15) is 0 Å². The largest absolute Gasteiger partial charge is 0.381 e. The van der Waals surface area contributed by atoms with Crippen LogP contribution in [0.4, 0.5) is 0 Å². The Labute approximate surface area is 104 Å². The molecule has 1 saturated heterocycles. The molecule has 4 heteroatoms. The number of hydrogen-bond donors (Lipinski definition) is 2. The standard InChI is InChI=1S/C13H26N2O2/c1-4-14-10(2)9-13(16)15-11(3)12-5-7-17-8-6-12/h10-12,14H,4-9H2,1-3H3,(H,15,16). The van der Waals surface area contributed by atoms with Gasteiger partial charge in [-0.2, -0.15) is 0 Å². The molecular formula is C13H26N2O2. The fourth-order valence-corrected chi connectivity index (χ4v) is 2.35. The van der Waals surface area contributed by atoms with Gasteiger partial charge in [0.15, 0.2) is 0 Å². The maximum Gasteiger partial charge on any atom is 0.221 e. The van der Waals surface area contributed by atoms with Crippen LogP contribution < -0.4 is 10.6 Å². The second-order valence-electron chi connectivity index (χ2n) is 4.97. The third-order valence-electron chi connectivity index (χ3n) is 3.41. The van der Waals surface area contributed by atoms with Crippen molar-refractivity contribution in [3.05, 3.63) is 0 Å². The molecule has 100 valence electrons. The van der Waals surface area contributed by atoms with Crippen molar-refractivity contribution in [2.24, 2.45) is 5.92 Å². The normalized spacial score (nSPS) is 20.9. The van der Waals surface area contributed by atoms with Crippen LogP contribution in [-0.2, 0) is 9.53 Å². The molecule has 4 nitrogen and oxygen atoms in total. The van der Waals surface area contributed by atoms with E-state index in [1.165, 1.54) is 0 Å². The van der Waals surface area contributed by atoms with Gasteiger partial charge in [0.25, 0.3) is 0 Å². The van der Waals surface area contributed by atoms with Crippen LogP contribution >= 0.6 is 0 Å². The van der Waals surface area contributed by atoms with Crippen LogP contribution in [0.2, 0.25) is 0 Å². The molecular weight excluding hydrogens is 216 g/mol. The van der Waals surface area contributed by atoms with Crippen LogP contribution in [0.25, 0.3) is 0 Å². The van der Waals surface area contributed by atoms with Crippen molar-refractivity contribution in [1.29, 1.82) is 0 Å². The van der Waals surface area contributed by atoms with E-state index in [4.69, 9.17) is 4.74 Å².